The van der Waals surface area contributed by atoms with E-state index in [1.807, 2.05) is 0 Å². The molecule has 0 aliphatic heterocycles. The number of hydrogen-bond donors (Lipinski definition) is 0. The van der Waals surface area contributed by atoms with Crippen LogP contribution in [0.3, 0.4) is 0 Å². The first kappa shape index (κ1) is 7.07. The molecule has 1 unspecified atom stereocenters. The highest BCUT2D eigenvalue weighted by Gasteiger charge is 2.29. The van der Waals surface area contributed by atoms with Crippen molar-refractivity contribution in [2.24, 2.45) is 5.92 Å². The predicted molar refractivity (Wildman–Crippen MR) is 38.4 cm³/mol. The largest absolute Gasteiger partial charge is 0.378 e. The Balaban J connectivity index is 2.12. The third-order valence-corrected chi connectivity index (χ3v) is 1.93. The summed E-state index contributed by atoms with van der Waals surface area (Å²) in [6, 6.07) is 0. The van der Waals surface area contributed by atoms with Crippen LogP contribution in [0.25, 0.3) is 0 Å². The second-order valence-electron chi connectivity index (χ2n) is 2.74. The monoisotopic (exact) mass is 128 g/mol. The van der Waals surface area contributed by atoms with Gasteiger partial charge in [0.05, 0.1) is 6.10 Å². The van der Waals surface area contributed by atoms with Crippen molar-refractivity contribution < 1.29 is 4.74 Å². The van der Waals surface area contributed by atoms with E-state index in [9.17, 15) is 0 Å². The first-order valence-corrected chi connectivity index (χ1v) is 4.00. The molecule has 1 fully saturated rings. The van der Waals surface area contributed by atoms with Gasteiger partial charge in [-0.05, 0) is 32.1 Å². The molecule has 0 amide bonds. The summed E-state index contributed by atoms with van der Waals surface area (Å²) in [5.74, 6) is 0.912. The Labute approximate surface area is 57.4 Å². The van der Waals surface area contributed by atoms with E-state index in [2.05, 4.69) is 13.8 Å². The Hall–Kier alpha value is -0.0400. The molecule has 1 nitrogen and oxygen atoms in total. The Morgan fingerprint density at radius 3 is 2.44 bits per heavy atom. The molecule has 1 aliphatic rings. The van der Waals surface area contributed by atoms with Crippen LogP contribution in [0.4, 0.5) is 0 Å². The fourth-order valence-electron chi connectivity index (χ4n) is 1.27. The molecule has 0 heterocycles. The fourth-order valence-corrected chi connectivity index (χ4v) is 1.27. The molecular weight excluding hydrogens is 112 g/mol. The van der Waals surface area contributed by atoms with Gasteiger partial charge in [-0.3, -0.25) is 0 Å². The smallest absolute Gasteiger partial charge is 0.0600 e. The Kier molecular flexibility index (Phi) is 2.52. The summed E-state index contributed by atoms with van der Waals surface area (Å²) >= 11 is 0. The maximum Gasteiger partial charge on any atom is 0.0600 e. The summed E-state index contributed by atoms with van der Waals surface area (Å²) in [5.41, 5.74) is 0. The fraction of sp³-hybridized carbons (Fsp3) is 1.00. The van der Waals surface area contributed by atoms with Gasteiger partial charge < -0.3 is 4.74 Å². The zero-order valence-corrected chi connectivity index (χ0v) is 6.39. The molecule has 0 radical (unpaired) electrons. The van der Waals surface area contributed by atoms with E-state index in [1.54, 1.807) is 0 Å². The summed E-state index contributed by atoms with van der Waals surface area (Å²) < 4.78 is 5.52. The molecular formula is C8H16O. The normalized spacial score (nSPS) is 22.0. The van der Waals surface area contributed by atoms with Crippen molar-refractivity contribution in [3.8, 4) is 0 Å². The highest BCUT2D eigenvalue weighted by Crippen LogP contribution is 2.35. The van der Waals surface area contributed by atoms with E-state index >= 15 is 0 Å². The molecule has 1 atom stereocenters. The number of ether oxygens (including phenoxy) is 1. The Morgan fingerprint density at radius 2 is 2.11 bits per heavy atom. The van der Waals surface area contributed by atoms with Crippen LogP contribution >= 0.6 is 0 Å². The summed E-state index contributed by atoms with van der Waals surface area (Å²) in [6.07, 6.45) is 4.57. The lowest BCUT2D eigenvalue weighted by Gasteiger charge is -2.12. The van der Waals surface area contributed by atoms with E-state index in [4.69, 9.17) is 4.74 Å². The molecule has 0 spiro atoms. The van der Waals surface area contributed by atoms with Crippen LogP contribution in [-0.4, -0.2) is 12.7 Å². The van der Waals surface area contributed by atoms with Gasteiger partial charge in [0.1, 0.15) is 0 Å². The SMILES string of the molecule is CCOC(CC)C1CC1. The van der Waals surface area contributed by atoms with E-state index in [0.29, 0.717) is 6.10 Å². The second kappa shape index (κ2) is 3.21. The van der Waals surface area contributed by atoms with Crippen LogP contribution in [-0.2, 0) is 4.74 Å². The quantitative estimate of drug-likeness (QED) is 0.564. The third kappa shape index (κ3) is 1.98. The highest BCUT2D eigenvalue weighted by atomic mass is 16.5. The highest BCUT2D eigenvalue weighted by molar-refractivity contribution is 4.80. The number of rotatable bonds is 4. The molecule has 0 saturated heterocycles. The first-order chi connectivity index (χ1) is 4.38. The minimum absolute atomic E-state index is 0.579. The minimum Gasteiger partial charge on any atom is -0.378 e. The van der Waals surface area contributed by atoms with Crippen molar-refractivity contribution in [3.63, 3.8) is 0 Å². The van der Waals surface area contributed by atoms with Gasteiger partial charge in [0, 0.05) is 6.61 Å². The maximum atomic E-state index is 5.52. The lowest BCUT2D eigenvalue weighted by atomic mass is 10.2. The van der Waals surface area contributed by atoms with Crippen molar-refractivity contribution in [1.29, 1.82) is 0 Å². The van der Waals surface area contributed by atoms with E-state index in [1.165, 1.54) is 19.3 Å². The van der Waals surface area contributed by atoms with Gasteiger partial charge in [0.25, 0.3) is 0 Å². The van der Waals surface area contributed by atoms with Gasteiger partial charge in [-0.1, -0.05) is 6.92 Å². The van der Waals surface area contributed by atoms with Crippen LogP contribution in [0.5, 0.6) is 0 Å². The average molecular weight is 128 g/mol. The van der Waals surface area contributed by atoms with Gasteiger partial charge in [-0.15, -0.1) is 0 Å². The van der Waals surface area contributed by atoms with Crippen LogP contribution in [0, 0.1) is 5.92 Å². The van der Waals surface area contributed by atoms with E-state index in [-0.39, 0.29) is 0 Å². The molecule has 0 N–H and O–H groups in total. The third-order valence-electron chi connectivity index (χ3n) is 1.93. The topological polar surface area (TPSA) is 9.23 Å². The van der Waals surface area contributed by atoms with Gasteiger partial charge in [0.15, 0.2) is 0 Å². The minimum atomic E-state index is 0.579. The molecule has 0 bridgehead atoms. The van der Waals surface area contributed by atoms with Crippen molar-refractivity contribution in [1.82, 2.24) is 0 Å². The summed E-state index contributed by atoms with van der Waals surface area (Å²) in [4.78, 5) is 0. The summed E-state index contributed by atoms with van der Waals surface area (Å²) in [7, 11) is 0. The molecule has 1 rings (SSSR count). The van der Waals surface area contributed by atoms with Gasteiger partial charge in [-0.25, -0.2) is 0 Å². The van der Waals surface area contributed by atoms with Crippen molar-refractivity contribution >= 4 is 0 Å². The molecule has 0 aromatic carbocycles. The van der Waals surface area contributed by atoms with E-state index < -0.39 is 0 Å². The molecule has 0 aromatic heterocycles. The van der Waals surface area contributed by atoms with Crippen LogP contribution < -0.4 is 0 Å². The number of hydrogen-bond acceptors (Lipinski definition) is 1. The second-order valence-corrected chi connectivity index (χ2v) is 2.74. The lowest BCUT2D eigenvalue weighted by Crippen LogP contribution is -2.13. The summed E-state index contributed by atoms with van der Waals surface area (Å²) in [6.45, 7) is 5.17. The average Bonchev–Trinajstić information content (AvgIpc) is 2.64. The van der Waals surface area contributed by atoms with Crippen LogP contribution in [0.2, 0.25) is 0 Å². The zero-order chi connectivity index (χ0) is 6.69. The molecule has 0 aromatic rings. The molecule has 9 heavy (non-hydrogen) atoms. The molecule has 1 aliphatic carbocycles. The van der Waals surface area contributed by atoms with Crippen molar-refractivity contribution in [3.05, 3.63) is 0 Å². The van der Waals surface area contributed by atoms with Gasteiger partial charge in [-0.2, -0.15) is 0 Å². The molecule has 54 valence electrons. The lowest BCUT2D eigenvalue weighted by molar-refractivity contribution is 0.0447. The maximum absolute atomic E-state index is 5.52. The Bertz CT molecular complexity index is 76.6. The van der Waals surface area contributed by atoms with Crippen LogP contribution in [0.1, 0.15) is 33.1 Å². The van der Waals surface area contributed by atoms with E-state index in [0.717, 1.165) is 12.5 Å². The van der Waals surface area contributed by atoms with Gasteiger partial charge in [0.2, 0.25) is 0 Å². The first-order valence-electron chi connectivity index (χ1n) is 4.00. The van der Waals surface area contributed by atoms with Gasteiger partial charge >= 0.3 is 0 Å². The van der Waals surface area contributed by atoms with Crippen molar-refractivity contribution in [2.75, 3.05) is 6.61 Å². The predicted octanol–water partition coefficient (Wildman–Crippen LogP) is 2.21. The molecule has 1 heteroatoms. The summed E-state index contributed by atoms with van der Waals surface area (Å²) in [5, 5.41) is 0. The standard InChI is InChI=1S/C8H16O/c1-3-8(9-4-2)7-5-6-7/h7-8H,3-6H2,1-2H3. The molecule has 1 saturated carbocycles. The Morgan fingerprint density at radius 1 is 1.44 bits per heavy atom. The van der Waals surface area contributed by atoms with Crippen molar-refractivity contribution in [2.45, 2.75) is 39.2 Å². The zero-order valence-electron chi connectivity index (χ0n) is 6.39. The van der Waals surface area contributed by atoms with Crippen LogP contribution in [0.15, 0.2) is 0 Å².